The van der Waals surface area contributed by atoms with E-state index in [9.17, 15) is 9.59 Å². The number of hydrogen-bond donors (Lipinski definition) is 1. The maximum absolute atomic E-state index is 11.9. The largest absolute Gasteiger partial charge is 0.465 e. The van der Waals surface area contributed by atoms with Gasteiger partial charge in [0.25, 0.3) is 0 Å². The molecular formula is C15H18N4O3. The van der Waals surface area contributed by atoms with Gasteiger partial charge in [-0.3, -0.25) is 14.5 Å². The van der Waals surface area contributed by atoms with Gasteiger partial charge in [-0.05, 0) is 18.6 Å². The van der Waals surface area contributed by atoms with Crippen LogP contribution in [-0.4, -0.2) is 33.8 Å². The van der Waals surface area contributed by atoms with Gasteiger partial charge in [0.2, 0.25) is 5.91 Å². The van der Waals surface area contributed by atoms with E-state index in [1.165, 1.54) is 18.0 Å². The molecule has 0 aliphatic heterocycles. The highest BCUT2D eigenvalue weighted by atomic mass is 16.5. The van der Waals surface area contributed by atoms with Crippen molar-refractivity contribution in [2.75, 3.05) is 12.4 Å². The van der Waals surface area contributed by atoms with Crippen LogP contribution in [0.25, 0.3) is 0 Å². The SMILES string of the molecule is CCc1ccc(NC(=O)CCn2cc(C(=O)OC)cn2)cn1. The Labute approximate surface area is 128 Å². The Kier molecular flexibility index (Phi) is 5.24. The second kappa shape index (κ2) is 7.35. The summed E-state index contributed by atoms with van der Waals surface area (Å²) >= 11 is 0. The van der Waals surface area contributed by atoms with Crippen LogP contribution in [0, 0.1) is 0 Å². The van der Waals surface area contributed by atoms with Crippen LogP contribution in [0.15, 0.2) is 30.7 Å². The Bertz CT molecular complexity index is 649. The number of amides is 1. The van der Waals surface area contributed by atoms with Crippen LogP contribution < -0.4 is 5.32 Å². The summed E-state index contributed by atoms with van der Waals surface area (Å²) in [6, 6.07) is 3.71. The van der Waals surface area contributed by atoms with Crippen molar-refractivity contribution in [3.63, 3.8) is 0 Å². The van der Waals surface area contributed by atoms with E-state index < -0.39 is 5.97 Å². The predicted octanol–water partition coefficient (Wildman–Crippen LogP) is 1.66. The number of aryl methyl sites for hydroxylation is 2. The maximum Gasteiger partial charge on any atom is 0.341 e. The van der Waals surface area contributed by atoms with Crippen LogP contribution in [0.5, 0.6) is 0 Å². The summed E-state index contributed by atoms with van der Waals surface area (Å²) in [7, 11) is 1.31. The zero-order valence-electron chi connectivity index (χ0n) is 12.6. The molecule has 7 heteroatoms. The number of rotatable bonds is 6. The summed E-state index contributed by atoms with van der Waals surface area (Å²) in [5, 5.41) is 6.78. The topological polar surface area (TPSA) is 86.1 Å². The van der Waals surface area contributed by atoms with Crippen molar-refractivity contribution in [3.8, 4) is 0 Å². The van der Waals surface area contributed by atoms with Crippen LogP contribution in [0.1, 0.15) is 29.4 Å². The minimum absolute atomic E-state index is 0.138. The lowest BCUT2D eigenvalue weighted by molar-refractivity contribution is -0.116. The van der Waals surface area contributed by atoms with Crippen molar-refractivity contribution in [3.05, 3.63) is 42.0 Å². The van der Waals surface area contributed by atoms with Gasteiger partial charge >= 0.3 is 5.97 Å². The molecule has 0 radical (unpaired) electrons. The number of esters is 1. The number of nitrogens with one attached hydrogen (secondary N) is 1. The van der Waals surface area contributed by atoms with E-state index in [0.717, 1.165) is 12.1 Å². The van der Waals surface area contributed by atoms with Gasteiger partial charge in [0.1, 0.15) is 0 Å². The van der Waals surface area contributed by atoms with Crippen LogP contribution in [0.2, 0.25) is 0 Å². The van der Waals surface area contributed by atoms with Gasteiger partial charge in [-0.1, -0.05) is 6.92 Å². The Hall–Kier alpha value is -2.70. The molecule has 0 aromatic carbocycles. The lowest BCUT2D eigenvalue weighted by Gasteiger charge is -2.05. The molecule has 0 saturated heterocycles. The number of carbonyl (C=O) groups is 2. The van der Waals surface area contributed by atoms with E-state index in [4.69, 9.17) is 0 Å². The number of pyridine rings is 1. The van der Waals surface area contributed by atoms with E-state index in [2.05, 4.69) is 20.1 Å². The summed E-state index contributed by atoms with van der Waals surface area (Å²) in [4.78, 5) is 27.4. The molecule has 0 atom stereocenters. The lowest BCUT2D eigenvalue weighted by atomic mass is 10.3. The first kappa shape index (κ1) is 15.7. The van der Waals surface area contributed by atoms with E-state index in [1.807, 2.05) is 19.1 Å². The van der Waals surface area contributed by atoms with Crippen LogP contribution in [-0.2, 0) is 22.5 Å². The van der Waals surface area contributed by atoms with Crippen LogP contribution in [0.3, 0.4) is 0 Å². The van der Waals surface area contributed by atoms with Gasteiger partial charge in [-0.15, -0.1) is 0 Å². The van der Waals surface area contributed by atoms with Crippen molar-refractivity contribution in [1.82, 2.24) is 14.8 Å². The first-order valence-electron chi connectivity index (χ1n) is 6.98. The highest BCUT2D eigenvalue weighted by molar-refractivity contribution is 5.90. The molecule has 7 nitrogen and oxygen atoms in total. The number of carbonyl (C=O) groups excluding carboxylic acids is 2. The van der Waals surface area contributed by atoms with Crippen molar-refractivity contribution >= 4 is 17.6 Å². The number of anilines is 1. The fourth-order valence-electron chi connectivity index (χ4n) is 1.86. The standard InChI is InChI=1S/C15H18N4O3/c1-3-12-4-5-13(9-16-12)18-14(20)6-7-19-10-11(8-17-19)15(21)22-2/h4-5,8-10H,3,6-7H2,1-2H3,(H,18,20). The van der Waals surface area contributed by atoms with E-state index in [1.54, 1.807) is 12.4 Å². The fourth-order valence-corrected chi connectivity index (χ4v) is 1.86. The second-order valence-corrected chi connectivity index (χ2v) is 4.67. The molecule has 0 bridgehead atoms. The number of aromatic nitrogens is 3. The summed E-state index contributed by atoms with van der Waals surface area (Å²) in [6.07, 6.45) is 5.71. The van der Waals surface area contributed by atoms with Crippen LogP contribution in [0.4, 0.5) is 5.69 Å². The summed E-state index contributed by atoms with van der Waals surface area (Å²) in [5.74, 6) is -0.584. The highest BCUT2D eigenvalue weighted by Crippen LogP contribution is 2.07. The van der Waals surface area contributed by atoms with Crippen molar-refractivity contribution in [1.29, 1.82) is 0 Å². The van der Waals surface area contributed by atoms with E-state index >= 15 is 0 Å². The quantitative estimate of drug-likeness (QED) is 0.820. The predicted molar refractivity (Wildman–Crippen MR) is 80.4 cm³/mol. The molecule has 1 N–H and O–H groups in total. The molecule has 2 heterocycles. The van der Waals surface area contributed by atoms with Gasteiger partial charge in [0.05, 0.1) is 30.8 Å². The van der Waals surface area contributed by atoms with E-state index in [-0.39, 0.29) is 12.3 Å². The number of hydrogen-bond acceptors (Lipinski definition) is 5. The Morgan fingerprint density at radius 1 is 1.32 bits per heavy atom. The maximum atomic E-state index is 11.9. The lowest BCUT2D eigenvalue weighted by Crippen LogP contribution is -2.15. The molecule has 0 aliphatic carbocycles. The molecular weight excluding hydrogens is 284 g/mol. The second-order valence-electron chi connectivity index (χ2n) is 4.67. The number of ether oxygens (including phenoxy) is 1. The third-order valence-electron chi connectivity index (χ3n) is 3.09. The third kappa shape index (κ3) is 4.15. The summed E-state index contributed by atoms with van der Waals surface area (Å²) in [5.41, 5.74) is 2.00. The monoisotopic (exact) mass is 302 g/mol. The zero-order valence-corrected chi connectivity index (χ0v) is 12.6. The average molecular weight is 302 g/mol. The Balaban J connectivity index is 1.84. The fraction of sp³-hybridized carbons (Fsp3) is 0.333. The van der Waals surface area contributed by atoms with Gasteiger partial charge in [0, 0.05) is 24.9 Å². The smallest absolute Gasteiger partial charge is 0.341 e. The molecule has 2 aromatic rings. The number of nitrogens with zero attached hydrogens (tertiary/aromatic N) is 3. The zero-order chi connectivity index (χ0) is 15.9. The first-order valence-corrected chi connectivity index (χ1v) is 6.98. The summed E-state index contributed by atoms with van der Waals surface area (Å²) < 4.78 is 6.13. The average Bonchev–Trinajstić information content (AvgIpc) is 3.02. The third-order valence-corrected chi connectivity index (χ3v) is 3.09. The molecule has 22 heavy (non-hydrogen) atoms. The van der Waals surface area contributed by atoms with Crippen molar-refractivity contribution in [2.45, 2.75) is 26.3 Å². The van der Waals surface area contributed by atoms with Crippen LogP contribution >= 0.6 is 0 Å². The van der Waals surface area contributed by atoms with Crippen molar-refractivity contribution < 1.29 is 14.3 Å². The normalized spacial score (nSPS) is 10.3. The molecule has 1 amide bonds. The molecule has 0 spiro atoms. The molecule has 0 unspecified atom stereocenters. The summed E-state index contributed by atoms with van der Waals surface area (Å²) in [6.45, 7) is 2.40. The van der Waals surface area contributed by atoms with Gasteiger partial charge < -0.3 is 10.1 Å². The Morgan fingerprint density at radius 2 is 2.14 bits per heavy atom. The van der Waals surface area contributed by atoms with Gasteiger partial charge in [-0.25, -0.2) is 4.79 Å². The van der Waals surface area contributed by atoms with Gasteiger partial charge in [-0.2, -0.15) is 5.10 Å². The molecule has 2 rings (SSSR count). The molecule has 0 fully saturated rings. The van der Waals surface area contributed by atoms with Gasteiger partial charge in [0.15, 0.2) is 0 Å². The molecule has 116 valence electrons. The van der Waals surface area contributed by atoms with Crippen molar-refractivity contribution in [2.24, 2.45) is 0 Å². The molecule has 2 aromatic heterocycles. The molecule has 0 saturated carbocycles. The minimum atomic E-state index is -0.446. The highest BCUT2D eigenvalue weighted by Gasteiger charge is 2.09. The Morgan fingerprint density at radius 3 is 2.77 bits per heavy atom. The minimum Gasteiger partial charge on any atom is -0.465 e. The number of methoxy groups -OCH3 is 1. The molecule has 0 aliphatic rings. The first-order chi connectivity index (χ1) is 10.6. The van der Waals surface area contributed by atoms with E-state index in [0.29, 0.717) is 17.8 Å².